The van der Waals surface area contributed by atoms with E-state index in [4.69, 9.17) is 18.9 Å². The molecule has 1 amide bonds. The maximum Gasteiger partial charge on any atom is 0.410 e. The Balaban J connectivity index is 1.95. The van der Waals surface area contributed by atoms with Crippen LogP contribution < -0.4 is 14.8 Å². The number of aliphatic hydroxyl groups excluding tert-OH is 1. The van der Waals surface area contributed by atoms with Crippen molar-refractivity contribution in [3.63, 3.8) is 0 Å². The Morgan fingerprint density at radius 1 is 1.08 bits per heavy atom. The molecule has 266 valence electrons. The third-order valence-electron chi connectivity index (χ3n) is 7.69. The monoisotopic (exact) mass is 684 g/mol. The van der Waals surface area contributed by atoms with E-state index in [9.17, 15) is 34.7 Å². The molecular weight excluding hydrogens is 640 g/mol. The van der Waals surface area contributed by atoms with Gasteiger partial charge in [-0.1, -0.05) is 24.3 Å². The van der Waals surface area contributed by atoms with Crippen LogP contribution in [0.15, 0.2) is 64.8 Å². The van der Waals surface area contributed by atoms with Gasteiger partial charge in [-0.25, -0.2) is 9.59 Å². The number of nitrogens with zero attached hydrogens (tertiary/aromatic N) is 3. The van der Waals surface area contributed by atoms with Crippen molar-refractivity contribution < 1.29 is 48.5 Å². The number of benzene rings is 2. The number of hydrogen-bond acceptors (Lipinski definition) is 12. The number of hydrogen-bond donors (Lipinski definition) is 3. The molecule has 15 heteroatoms. The lowest BCUT2D eigenvalue weighted by Crippen LogP contribution is -2.53. The van der Waals surface area contributed by atoms with Gasteiger partial charge in [0.05, 0.1) is 43.1 Å². The summed E-state index contributed by atoms with van der Waals surface area (Å²) in [6, 6.07) is 12.4. The summed E-state index contributed by atoms with van der Waals surface area (Å²) in [6.45, 7) is 8.08. The standard InChI is InChI=1S/C34H44N4O11/c1-7-47-32(42)30-25(36-21(3)28(31(40)41)29(30)22-12-11-13-23(16-22)38(44)45)18-37(33(43)48-8-2)20-34(4,5)35-17-24(39)19-49-27-15-10-9-14-26(27)46-6/h9-16,24,28-29,35,39H,7-8,17-20H2,1-6H3,(H,40,41). The summed E-state index contributed by atoms with van der Waals surface area (Å²) < 4.78 is 21.7. The van der Waals surface area contributed by atoms with Gasteiger partial charge in [0.1, 0.15) is 18.6 Å². The SMILES string of the molecule is CCOC(=O)C1=C(CN(CC(C)(C)NCC(O)COc2ccccc2OC)C(=O)OCC)N=C(C)C(C(=O)O)C1c1cccc([N+](=O)[O-])c1. The molecule has 0 fully saturated rings. The fourth-order valence-electron chi connectivity index (χ4n) is 5.51. The fraction of sp³-hybridized carbons (Fsp3) is 0.471. The largest absolute Gasteiger partial charge is 0.493 e. The van der Waals surface area contributed by atoms with Crippen molar-refractivity contribution in [3.8, 4) is 11.5 Å². The van der Waals surface area contributed by atoms with E-state index in [1.807, 2.05) is 0 Å². The fourth-order valence-corrected chi connectivity index (χ4v) is 5.51. The quantitative estimate of drug-likeness (QED) is 0.123. The number of β-amino-alcohol motifs (C(OH)–C–C–N with tert-alkyl or cyclic N) is 1. The molecule has 2 aromatic carbocycles. The van der Waals surface area contributed by atoms with Gasteiger partial charge in [0.2, 0.25) is 0 Å². The van der Waals surface area contributed by atoms with Crippen LogP contribution in [0.2, 0.25) is 0 Å². The number of esters is 1. The van der Waals surface area contributed by atoms with E-state index in [1.54, 1.807) is 52.0 Å². The minimum absolute atomic E-state index is 0.00390. The van der Waals surface area contributed by atoms with E-state index in [0.717, 1.165) is 0 Å². The summed E-state index contributed by atoms with van der Waals surface area (Å²) in [5, 5.41) is 35.7. The van der Waals surface area contributed by atoms with Crippen LogP contribution in [0.3, 0.4) is 0 Å². The van der Waals surface area contributed by atoms with Gasteiger partial charge in [-0.3, -0.25) is 19.9 Å². The first-order valence-corrected chi connectivity index (χ1v) is 15.8. The zero-order valence-corrected chi connectivity index (χ0v) is 28.5. The molecule has 1 heterocycles. The zero-order valence-electron chi connectivity index (χ0n) is 28.5. The number of aliphatic imine (C=N–C) groups is 1. The van der Waals surface area contributed by atoms with Crippen LogP contribution in [0.5, 0.6) is 11.5 Å². The number of carboxylic acid groups (broad SMARTS) is 1. The number of nitrogens with one attached hydrogen (secondary N) is 1. The summed E-state index contributed by atoms with van der Waals surface area (Å²) in [7, 11) is 1.52. The number of non-ortho nitro benzene ring substituents is 1. The predicted molar refractivity (Wildman–Crippen MR) is 179 cm³/mol. The second-order valence-corrected chi connectivity index (χ2v) is 11.9. The first-order chi connectivity index (χ1) is 23.2. The average molecular weight is 685 g/mol. The highest BCUT2D eigenvalue weighted by Crippen LogP contribution is 2.41. The summed E-state index contributed by atoms with van der Waals surface area (Å²) in [5.74, 6) is -3.72. The highest BCUT2D eigenvalue weighted by Gasteiger charge is 2.43. The van der Waals surface area contributed by atoms with E-state index in [2.05, 4.69) is 10.3 Å². The minimum Gasteiger partial charge on any atom is -0.493 e. The lowest BCUT2D eigenvalue weighted by Gasteiger charge is -2.36. The molecule has 0 aliphatic carbocycles. The number of carbonyl (C=O) groups is 3. The van der Waals surface area contributed by atoms with E-state index < -0.39 is 46.4 Å². The second kappa shape index (κ2) is 17.4. The molecule has 0 saturated heterocycles. The van der Waals surface area contributed by atoms with Crippen molar-refractivity contribution >= 4 is 29.4 Å². The molecule has 3 unspecified atom stereocenters. The minimum atomic E-state index is -1.35. The van der Waals surface area contributed by atoms with Gasteiger partial charge in [-0.05, 0) is 52.3 Å². The van der Waals surface area contributed by atoms with Crippen molar-refractivity contribution in [2.24, 2.45) is 10.9 Å². The van der Waals surface area contributed by atoms with Gasteiger partial charge in [0, 0.05) is 42.4 Å². The van der Waals surface area contributed by atoms with E-state index in [1.165, 1.54) is 43.2 Å². The number of nitro benzene ring substituents is 1. The van der Waals surface area contributed by atoms with Gasteiger partial charge in [0.25, 0.3) is 5.69 Å². The van der Waals surface area contributed by atoms with Gasteiger partial charge < -0.3 is 39.4 Å². The molecule has 49 heavy (non-hydrogen) atoms. The maximum atomic E-state index is 13.6. The molecule has 3 N–H and O–H groups in total. The highest BCUT2D eigenvalue weighted by atomic mass is 16.6. The Labute approximate surface area is 284 Å². The van der Waals surface area contributed by atoms with Crippen LogP contribution in [0.25, 0.3) is 0 Å². The number of amides is 1. The van der Waals surface area contributed by atoms with Crippen LogP contribution in [-0.2, 0) is 19.1 Å². The Morgan fingerprint density at radius 2 is 1.76 bits per heavy atom. The zero-order chi connectivity index (χ0) is 36.3. The van der Waals surface area contributed by atoms with Crippen LogP contribution in [0, 0.1) is 16.0 Å². The molecular formula is C34H44N4O11. The number of carbonyl (C=O) groups excluding carboxylic acids is 2. The van der Waals surface area contributed by atoms with Crippen molar-refractivity contribution in [2.45, 2.75) is 52.2 Å². The van der Waals surface area contributed by atoms with Crippen LogP contribution in [-0.4, -0.2) is 102 Å². The maximum absolute atomic E-state index is 13.6. The summed E-state index contributed by atoms with van der Waals surface area (Å²) >= 11 is 0. The molecule has 0 saturated carbocycles. The highest BCUT2D eigenvalue weighted by molar-refractivity contribution is 6.06. The normalized spacial score (nSPS) is 16.7. The average Bonchev–Trinajstić information content (AvgIpc) is 3.05. The first kappa shape index (κ1) is 38.4. The van der Waals surface area contributed by atoms with Gasteiger partial charge >= 0.3 is 18.0 Å². The molecule has 1 aliphatic heterocycles. The number of para-hydroxylation sites is 2. The molecule has 2 aromatic rings. The number of methoxy groups -OCH3 is 1. The van der Waals surface area contributed by atoms with Gasteiger partial charge in [-0.2, -0.15) is 0 Å². The van der Waals surface area contributed by atoms with Crippen molar-refractivity contribution in [1.29, 1.82) is 0 Å². The van der Waals surface area contributed by atoms with E-state index >= 15 is 0 Å². The third-order valence-corrected chi connectivity index (χ3v) is 7.69. The molecule has 15 nitrogen and oxygen atoms in total. The number of ether oxygens (including phenoxy) is 4. The summed E-state index contributed by atoms with van der Waals surface area (Å²) in [4.78, 5) is 56.3. The third kappa shape index (κ3) is 10.2. The van der Waals surface area contributed by atoms with Crippen LogP contribution >= 0.6 is 0 Å². The Bertz CT molecular complexity index is 1570. The number of aliphatic carboxylic acids is 1. The lowest BCUT2D eigenvalue weighted by atomic mass is 9.75. The van der Waals surface area contributed by atoms with Gasteiger partial charge in [0.15, 0.2) is 11.5 Å². The van der Waals surface area contributed by atoms with E-state index in [0.29, 0.717) is 11.5 Å². The second-order valence-electron chi connectivity index (χ2n) is 11.9. The molecule has 0 aromatic heterocycles. The first-order valence-electron chi connectivity index (χ1n) is 15.8. The Kier molecular flexibility index (Phi) is 13.6. The van der Waals surface area contributed by atoms with Crippen LogP contribution in [0.4, 0.5) is 10.5 Å². The topological polar surface area (TPSA) is 199 Å². The molecule has 3 atom stereocenters. The summed E-state index contributed by atoms with van der Waals surface area (Å²) in [5.41, 5.74) is -0.873. The van der Waals surface area contributed by atoms with Crippen molar-refractivity contribution in [3.05, 3.63) is 75.5 Å². The van der Waals surface area contributed by atoms with Crippen LogP contribution in [0.1, 0.15) is 46.1 Å². The summed E-state index contributed by atoms with van der Waals surface area (Å²) in [6.07, 6.45) is -1.67. The van der Waals surface area contributed by atoms with E-state index in [-0.39, 0.29) is 67.7 Å². The van der Waals surface area contributed by atoms with Gasteiger partial charge in [-0.15, -0.1) is 0 Å². The number of rotatable bonds is 17. The predicted octanol–water partition coefficient (Wildman–Crippen LogP) is 3.95. The molecule has 3 rings (SSSR count). The Hall–Kier alpha value is -5.02. The number of carboxylic acids is 1. The smallest absolute Gasteiger partial charge is 0.410 e. The van der Waals surface area contributed by atoms with Crippen molar-refractivity contribution in [2.75, 3.05) is 46.6 Å². The Morgan fingerprint density at radius 3 is 2.37 bits per heavy atom. The number of nitro groups is 1. The molecule has 1 aliphatic rings. The molecule has 0 radical (unpaired) electrons. The van der Waals surface area contributed by atoms with Crippen molar-refractivity contribution in [1.82, 2.24) is 10.2 Å². The molecule has 0 spiro atoms. The lowest BCUT2D eigenvalue weighted by molar-refractivity contribution is -0.384. The number of aliphatic hydroxyl groups is 1. The molecule has 0 bridgehead atoms.